The summed E-state index contributed by atoms with van der Waals surface area (Å²) in [5.74, 6) is -1.06. The summed E-state index contributed by atoms with van der Waals surface area (Å²) in [7, 11) is 0. The fourth-order valence-corrected chi connectivity index (χ4v) is 1.70. The molecule has 5 nitrogen and oxygen atoms in total. The molecule has 0 aliphatic heterocycles. The van der Waals surface area contributed by atoms with E-state index in [9.17, 15) is 4.79 Å². The van der Waals surface area contributed by atoms with E-state index in [2.05, 4.69) is 10.3 Å². The predicted octanol–water partition coefficient (Wildman–Crippen LogP) is 2.22. The highest BCUT2D eigenvalue weighted by Gasteiger charge is 2.14. The summed E-state index contributed by atoms with van der Waals surface area (Å²) in [6.45, 7) is 2.46. The second-order valence-corrected chi connectivity index (χ2v) is 3.96. The third kappa shape index (κ3) is 2.75. The zero-order chi connectivity index (χ0) is 13.0. The standard InChI is InChI=1S/C13H14N2O3/c1-9(10-2-5-14-6-3-10)15-8-11-4-7-18-12(11)13(16)17/h2-7,9,15H,8H2,1H3,(H,16,17)/t9-/m1/s1. The molecule has 18 heavy (non-hydrogen) atoms. The van der Waals surface area contributed by atoms with Crippen molar-refractivity contribution < 1.29 is 14.3 Å². The molecular weight excluding hydrogens is 232 g/mol. The largest absolute Gasteiger partial charge is 0.475 e. The molecule has 0 saturated carbocycles. The number of carboxylic acids is 1. The predicted molar refractivity (Wildman–Crippen MR) is 65.2 cm³/mol. The molecule has 5 heteroatoms. The molecule has 0 aromatic carbocycles. The Kier molecular flexibility index (Phi) is 3.74. The maximum absolute atomic E-state index is 10.9. The van der Waals surface area contributed by atoms with Crippen LogP contribution in [-0.4, -0.2) is 16.1 Å². The Morgan fingerprint density at radius 1 is 1.44 bits per heavy atom. The Morgan fingerprint density at radius 3 is 2.83 bits per heavy atom. The van der Waals surface area contributed by atoms with E-state index in [1.165, 1.54) is 6.26 Å². The number of nitrogens with zero attached hydrogens (tertiary/aromatic N) is 1. The molecule has 2 heterocycles. The molecule has 0 fully saturated rings. The summed E-state index contributed by atoms with van der Waals surface area (Å²) < 4.78 is 4.91. The highest BCUT2D eigenvalue weighted by Crippen LogP contribution is 2.14. The van der Waals surface area contributed by atoms with Gasteiger partial charge in [0.25, 0.3) is 0 Å². The fourth-order valence-electron chi connectivity index (χ4n) is 1.70. The van der Waals surface area contributed by atoms with Crippen molar-refractivity contribution in [3.63, 3.8) is 0 Å². The topological polar surface area (TPSA) is 75.4 Å². The molecule has 0 unspecified atom stereocenters. The number of pyridine rings is 1. The van der Waals surface area contributed by atoms with Gasteiger partial charge >= 0.3 is 5.97 Å². The highest BCUT2D eigenvalue weighted by molar-refractivity contribution is 5.86. The van der Waals surface area contributed by atoms with E-state index in [1.807, 2.05) is 19.1 Å². The summed E-state index contributed by atoms with van der Waals surface area (Å²) in [5.41, 5.74) is 1.74. The van der Waals surface area contributed by atoms with E-state index in [4.69, 9.17) is 9.52 Å². The van der Waals surface area contributed by atoms with Crippen LogP contribution >= 0.6 is 0 Å². The van der Waals surface area contributed by atoms with Crippen molar-refractivity contribution in [2.24, 2.45) is 0 Å². The SMILES string of the molecule is C[C@@H](NCc1ccoc1C(=O)O)c1ccncc1. The van der Waals surface area contributed by atoms with Gasteiger partial charge in [0.15, 0.2) is 0 Å². The van der Waals surface area contributed by atoms with Gasteiger partial charge in [0.2, 0.25) is 5.76 Å². The first-order chi connectivity index (χ1) is 8.68. The second kappa shape index (κ2) is 5.46. The zero-order valence-electron chi connectivity index (χ0n) is 9.96. The maximum atomic E-state index is 10.9. The summed E-state index contributed by atoms with van der Waals surface area (Å²) in [4.78, 5) is 14.8. The summed E-state index contributed by atoms with van der Waals surface area (Å²) in [6.07, 6.45) is 4.85. The normalized spacial score (nSPS) is 12.3. The van der Waals surface area contributed by atoms with Crippen molar-refractivity contribution in [3.05, 3.63) is 53.7 Å². The minimum atomic E-state index is -1.05. The van der Waals surface area contributed by atoms with Crippen LogP contribution in [0.15, 0.2) is 41.3 Å². The Bertz CT molecular complexity index is 522. The molecule has 94 valence electrons. The van der Waals surface area contributed by atoms with Gasteiger partial charge in [0.05, 0.1) is 6.26 Å². The van der Waals surface area contributed by atoms with Crippen LogP contribution in [0.25, 0.3) is 0 Å². The molecular formula is C13H14N2O3. The van der Waals surface area contributed by atoms with E-state index in [-0.39, 0.29) is 11.8 Å². The average Bonchev–Trinajstić information content (AvgIpc) is 2.85. The van der Waals surface area contributed by atoms with E-state index in [0.717, 1.165) is 5.56 Å². The van der Waals surface area contributed by atoms with Crippen molar-refractivity contribution in [1.82, 2.24) is 10.3 Å². The Balaban J connectivity index is 1.99. The highest BCUT2D eigenvalue weighted by atomic mass is 16.4. The van der Waals surface area contributed by atoms with Gasteiger partial charge in [-0.2, -0.15) is 0 Å². The number of aromatic carboxylic acids is 1. The lowest BCUT2D eigenvalue weighted by Crippen LogP contribution is -2.19. The molecule has 0 amide bonds. The number of furan rings is 1. The quantitative estimate of drug-likeness (QED) is 0.846. The van der Waals surface area contributed by atoms with Gasteiger partial charge in [-0.25, -0.2) is 4.79 Å². The van der Waals surface area contributed by atoms with Gasteiger partial charge in [0.1, 0.15) is 0 Å². The van der Waals surface area contributed by atoms with E-state index in [1.54, 1.807) is 18.5 Å². The Hall–Kier alpha value is -2.14. The van der Waals surface area contributed by atoms with Crippen LogP contribution in [-0.2, 0) is 6.54 Å². The smallest absolute Gasteiger partial charge is 0.372 e. The lowest BCUT2D eigenvalue weighted by molar-refractivity contribution is 0.0660. The molecule has 0 aliphatic carbocycles. The summed E-state index contributed by atoms with van der Waals surface area (Å²) in [5, 5.41) is 12.2. The third-order valence-electron chi connectivity index (χ3n) is 2.75. The van der Waals surface area contributed by atoms with Crippen LogP contribution in [0.2, 0.25) is 0 Å². The van der Waals surface area contributed by atoms with Gasteiger partial charge in [0, 0.05) is 30.5 Å². The molecule has 2 aromatic heterocycles. The van der Waals surface area contributed by atoms with Gasteiger partial charge in [-0.3, -0.25) is 4.98 Å². The van der Waals surface area contributed by atoms with Crippen molar-refractivity contribution in [2.45, 2.75) is 19.5 Å². The van der Waals surface area contributed by atoms with Crippen LogP contribution in [0.3, 0.4) is 0 Å². The average molecular weight is 246 g/mol. The number of aromatic nitrogens is 1. The van der Waals surface area contributed by atoms with Gasteiger partial charge in [-0.1, -0.05) is 0 Å². The van der Waals surface area contributed by atoms with Crippen LogP contribution in [0.1, 0.15) is 34.6 Å². The van der Waals surface area contributed by atoms with Gasteiger partial charge in [-0.15, -0.1) is 0 Å². The van der Waals surface area contributed by atoms with Crippen molar-refractivity contribution in [1.29, 1.82) is 0 Å². The van der Waals surface area contributed by atoms with Gasteiger partial charge < -0.3 is 14.8 Å². The summed E-state index contributed by atoms with van der Waals surface area (Å²) in [6, 6.07) is 5.62. The van der Waals surface area contributed by atoms with Crippen LogP contribution < -0.4 is 5.32 Å². The maximum Gasteiger partial charge on any atom is 0.372 e. The molecule has 0 radical (unpaired) electrons. The molecule has 2 N–H and O–H groups in total. The minimum Gasteiger partial charge on any atom is -0.475 e. The number of carbonyl (C=O) groups is 1. The van der Waals surface area contributed by atoms with Gasteiger partial charge in [-0.05, 0) is 30.7 Å². The minimum absolute atomic E-state index is 0.00979. The number of rotatable bonds is 5. The number of carboxylic acid groups (broad SMARTS) is 1. The number of hydrogen-bond donors (Lipinski definition) is 2. The molecule has 0 spiro atoms. The van der Waals surface area contributed by atoms with Crippen LogP contribution in [0, 0.1) is 0 Å². The Morgan fingerprint density at radius 2 is 2.17 bits per heavy atom. The molecule has 0 aliphatic rings. The zero-order valence-corrected chi connectivity index (χ0v) is 9.96. The molecule has 0 saturated heterocycles. The van der Waals surface area contributed by atoms with E-state index >= 15 is 0 Å². The first-order valence-electron chi connectivity index (χ1n) is 5.61. The van der Waals surface area contributed by atoms with E-state index in [0.29, 0.717) is 12.1 Å². The molecule has 2 aromatic rings. The first kappa shape index (κ1) is 12.3. The van der Waals surface area contributed by atoms with Crippen LogP contribution in [0.4, 0.5) is 0 Å². The molecule has 1 atom stereocenters. The van der Waals surface area contributed by atoms with Crippen LogP contribution in [0.5, 0.6) is 0 Å². The molecule has 2 rings (SSSR count). The van der Waals surface area contributed by atoms with Crippen molar-refractivity contribution >= 4 is 5.97 Å². The van der Waals surface area contributed by atoms with E-state index < -0.39 is 5.97 Å². The third-order valence-corrected chi connectivity index (χ3v) is 2.75. The van der Waals surface area contributed by atoms with Crippen molar-refractivity contribution in [2.75, 3.05) is 0 Å². The first-order valence-corrected chi connectivity index (χ1v) is 5.61. The number of nitrogens with one attached hydrogen (secondary N) is 1. The lowest BCUT2D eigenvalue weighted by atomic mass is 10.1. The lowest BCUT2D eigenvalue weighted by Gasteiger charge is -2.13. The Labute approximate surface area is 104 Å². The summed E-state index contributed by atoms with van der Waals surface area (Å²) >= 11 is 0. The molecule has 0 bridgehead atoms. The monoisotopic (exact) mass is 246 g/mol. The second-order valence-electron chi connectivity index (χ2n) is 3.96. The fraction of sp³-hybridized carbons (Fsp3) is 0.231. The number of hydrogen-bond acceptors (Lipinski definition) is 4. The van der Waals surface area contributed by atoms with Crippen molar-refractivity contribution in [3.8, 4) is 0 Å².